The Kier molecular flexibility index (Phi) is 2.32. The van der Waals surface area contributed by atoms with E-state index < -0.39 is 30.2 Å². The summed E-state index contributed by atoms with van der Waals surface area (Å²) in [6.45, 7) is 0. The van der Waals surface area contributed by atoms with Crippen LogP contribution in [-0.2, 0) is 9.53 Å². The summed E-state index contributed by atoms with van der Waals surface area (Å²) < 4.78 is 4.34. The van der Waals surface area contributed by atoms with E-state index in [0.29, 0.717) is 0 Å². The molecular formula is C6H8O6. The van der Waals surface area contributed by atoms with Gasteiger partial charge in [0.05, 0.1) is 0 Å². The van der Waals surface area contributed by atoms with Gasteiger partial charge in [0.15, 0.2) is 0 Å². The van der Waals surface area contributed by atoms with Gasteiger partial charge < -0.3 is 25.2 Å². The molecule has 0 aliphatic carbocycles. The Labute approximate surface area is 67.3 Å². The largest absolute Gasteiger partial charge is 0.475 e. The number of rotatable bonds is 1. The molecule has 12 heavy (non-hydrogen) atoms. The van der Waals surface area contributed by atoms with Crippen molar-refractivity contribution in [3.05, 3.63) is 11.8 Å². The minimum atomic E-state index is -1.70. The van der Waals surface area contributed by atoms with Gasteiger partial charge in [-0.15, -0.1) is 0 Å². The van der Waals surface area contributed by atoms with Crippen LogP contribution in [0.2, 0.25) is 0 Å². The number of carbonyl (C=O) groups is 1. The predicted molar refractivity (Wildman–Crippen MR) is 34.8 cm³/mol. The third-order valence-corrected chi connectivity index (χ3v) is 1.42. The van der Waals surface area contributed by atoms with E-state index in [4.69, 9.17) is 20.4 Å². The van der Waals surface area contributed by atoms with Crippen molar-refractivity contribution in [2.75, 3.05) is 0 Å². The van der Waals surface area contributed by atoms with Crippen LogP contribution in [0, 0.1) is 0 Å². The second-order valence-electron chi connectivity index (χ2n) is 2.33. The molecule has 0 saturated carbocycles. The smallest absolute Gasteiger partial charge is 0.371 e. The van der Waals surface area contributed by atoms with Crippen LogP contribution in [0.3, 0.4) is 0 Å². The molecule has 0 amide bonds. The summed E-state index contributed by atoms with van der Waals surface area (Å²) >= 11 is 0. The van der Waals surface area contributed by atoms with Crippen molar-refractivity contribution in [2.45, 2.75) is 18.5 Å². The summed E-state index contributed by atoms with van der Waals surface area (Å²) in [6.07, 6.45) is -3.80. The van der Waals surface area contributed by atoms with Gasteiger partial charge in [-0.3, -0.25) is 0 Å². The third-order valence-electron chi connectivity index (χ3n) is 1.42. The molecule has 68 valence electrons. The van der Waals surface area contributed by atoms with Crippen molar-refractivity contribution in [3.63, 3.8) is 0 Å². The highest BCUT2D eigenvalue weighted by atomic mass is 16.6. The highest BCUT2D eigenvalue weighted by molar-refractivity contribution is 5.84. The molecule has 6 nitrogen and oxygen atoms in total. The molecule has 0 aromatic rings. The lowest BCUT2D eigenvalue weighted by Crippen LogP contribution is -2.42. The second kappa shape index (κ2) is 3.10. The van der Waals surface area contributed by atoms with E-state index in [-0.39, 0.29) is 0 Å². The van der Waals surface area contributed by atoms with Gasteiger partial charge in [-0.25, -0.2) is 4.79 Å². The summed E-state index contributed by atoms with van der Waals surface area (Å²) in [6, 6.07) is 0. The quantitative estimate of drug-likeness (QED) is 0.369. The summed E-state index contributed by atoms with van der Waals surface area (Å²) in [7, 11) is 0. The van der Waals surface area contributed by atoms with E-state index in [2.05, 4.69) is 4.74 Å². The first-order valence-corrected chi connectivity index (χ1v) is 3.18. The molecule has 2 unspecified atom stereocenters. The van der Waals surface area contributed by atoms with E-state index >= 15 is 0 Å². The lowest BCUT2D eigenvalue weighted by molar-refractivity contribution is -0.183. The molecule has 1 aliphatic rings. The first-order chi connectivity index (χ1) is 5.52. The second-order valence-corrected chi connectivity index (χ2v) is 2.33. The molecular weight excluding hydrogens is 168 g/mol. The van der Waals surface area contributed by atoms with E-state index in [0.717, 1.165) is 6.08 Å². The lowest BCUT2D eigenvalue weighted by Gasteiger charge is -2.26. The van der Waals surface area contributed by atoms with Crippen molar-refractivity contribution in [3.8, 4) is 0 Å². The predicted octanol–water partition coefficient (Wildman–Crippen LogP) is -1.97. The number of ether oxygens (including phenoxy) is 1. The highest BCUT2D eigenvalue weighted by Gasteiger charge is 2.32. The lowest BCUT2D eigenvalue weighted by atomic mass is 10.1. The first kappa shape index (κ1) is 8.98. The van der Waals surface area contributed by atoms with Crippen LogP contribution >= 0.6 is 0 Å². The molecule has 0 aromatic carbocycles. The van der Waals surface area contributed by atoms with Crippen LogP contribution < -0.4 is 0 Å². The van der Waals surface area contributed by atoms with E-state index in [1.807, 2.05) is 0 Å². The van der Waals surface area contributed by atoms with E-state index in [1.165, 1.54) is 0 Å². The van der Waals surface area contributed by atoms with Crippen LogP contribution in [0.15, 0.2) is 11.8 Å². The zero-order valence-electron chi connectivity index (χ0n) is 5.91. The molecule has 0 spiro atoms. The van der Waals surface area contributed by atoms with Crippen LogP contribution in [0.4, 0.5) is 0 Å². The molecule has 6 heteroatoms. The Balaban J connectivity index is 2.81. The van der Waals surface area contributed by atoms with Gasteiger partial charge in [-0.2, -0.15) is 0 Å². The zero-order chi connectivity index (χ0) is 9.30. The topological polar surface area (TPSA) is 107 Å². The number of aliphatic hydroxyl groups is 3. The Morgan fingerprint density at radius 3 is 2.42 bits per heavy atom. The monoisotopic (exact) mass is 176 g/mol. The first-order valence-electron chi connectivity index (χ1n) is 3.18. The number of hydrogen-bond acceptors (Lipinski definition) is 5. The van der Waals surface area contributed by atoms with Gasteiger partial charge in [-0.05, 0) is 6.08 Å². The van der Waals surface area contributed by atoms with Crippen LogP contribution in [-0.4, -0.2) is 44.9 Å². The maximum Gasteiger partial charge on any atom is 0.371 e. The number of carboxylic acids is 1. The van der Waals surface area contributed by atoms with Gasteiger partial charge in [0.2, 0.25) is 12.0 Å². The van der Waals surface area contributed by atoms with Gasteiger partial charge in [0.25, 0.3) is 0 Å². The van der Waals surface area contributed by atoms with E-state index in [1.54, 1.807) is 0 Å². The Hall–Kier alpha value is -1.11. The number of aliphatic carboxylic acids is 1. The maximum absolute atomic E-state index is 10.3. The normalized spacial score (nSPS) is 35.2. The summed E-state index contributed by atoms with van der Waals surface area (Å²) in [5, 5.41) is 35.0. The molecule has 3 atom stereocenters. The average molecular weight is 176 g/mol. The third kappa shape index (κ3) is 1.55. The van der Waals surface area contributed by atoms with Crippen molar-refractivity contribution in [1.29, 1.82) is 0 Å². The van der Waals surface area contributed by atoms with Crippen molar-refractivity contribution >= 4 is 5.97 Å². The fourth-order valence-corrected chi connectivity index (χ4v) is 0.783. The molecule has 4 N–H and O–H groups in total. The standard InChI is InChI=1S/C6H8O6/c7-2-1-3(5(9)10)12-6(11)4(2)8/h1-2,4,6-8,11H,(H,9,10)/t2-,4?,6?/m1/s1. The minimum Gasteiger partial charge on any atom is -0.475 e. The molecule has 0 bridgehead atoms. The molecule has 1 heterocycles. The van der Waals surface area contributed by atoms with Crippen LogP contribution in [0.25, 0.3) is 0 Å². The molecule has 1 aliphatic heterocycles. The van der Waals surface area contributed by atoms with Crippen LogP contribution in [0.5, 0.6) is 0 Å². The molecule has 0 fully saturated rings. The molecule has 1 rings (SSSR count). The minimum absolute atomic E-state index is 0.569. The van der Waals surface area contributed by atoms with Crippen molar-refractivity contribution in [2.24, 2.45) is 0 Å². The summed E-state index contributed by atoms with van der Waals surface area (Å²) in [5.41, 5.74) is 0. The number of hydrogen-bond donors (Lipinski definition) is 4. The molecule has 0 aromatic heterocycles. The van der Waals surface area contributed by atoms with Gasteiger partial charge in [0.1, 0.15) is 12.2 Å². The zero-order valence-corrected chi connectivity index (χ0v) is 5.91. The molecule has 0 radical (unpaired) electrons. The fraction of sp³-hybridized carbons (Fsp3) is 0.500. The number of carboxylic acid groups (broad SMARTS) is 1. The van der Waals surface area contributed by atoms with Crippen LogP contribution in [0.1, 0.15) is 0 Å². The molecule has 0 saturated heterocycles. The number of aliphatic hydroxyl groups excluding tert-OH is 3. The maximum atomic E-state index is 10.3. The Morgan fingerprint density at radius 2 is 2.00 bits per heavy atom. The summed E-state index contributed by atoms with van der Waals surface area (Å²) in [5.74, 6) is -1.97. The SMILES string of the molecule is O=C(O)C1=C[C@@H](O)C(O)C(O)O1. The average Bonchev–Trinajstić information content (AvgIpc) is 1.99. The van der Waals surface area contributed by atoms with Gasteiger partial charge in [0, 0.05) is 0 Å². The Bertz CT molecular complexity index is 222. The van der Waals surface area contributed by atoms with Gasteiger partial charge >= 0.3 is 5.97 Å². The van der Waals surface area contributed by atoms with Gasteiger partial charge in [-0.1, -0.05) is 0 Å². The Morgan fingerprint density at radius 1 is 1.42 bits per heavy atom. The fourth-order valence-electron chi connectivity index (χ4n) is 0.783. The van der Waals surface area contributed by atoms with E-state index in [9.17, 15) is 4.79 Å². The van der Waals surface area contributed by atoms with Crippen molar-refractivity contribution in [1.82, 2.24) is 0 Å². The van der Waals surface area contributed by atoms with Crippen molar-refractivity contribution < 1.29 is 30.0 Å². The summed E-state index contributed by atoms with van der Waals surface area (Å²) in [4.78, 5) is 10.3. The highest BCUT2D eigenvalue weighted by Crippen LogP contribution is 2.16.